The minimum atomic E-state index is -0.743. The molecule has 0 aromatic rings. The van der Waals surface area contributed by atoms with Crippen LogP contribution < -0.4 is 0 Å². The smallest absolute Gasteiger partial charge is 0.0594 e. The Bertz CT molecular complexity index is 390. The molecule has 0 saturated heterocycles. The Balaban J connectivity index is 4.62. The van der Waals surface area contributed by atoms with E-state index in [9.17, 15) is 0 Å². The van der Waals surface area contributed by atoms with Crippen molar-refractivity contribution in [3.63, 3.8) is 0 Å². The van der Waals surface area contributed by atoms with E-state index < -0.39 is 7.26 Å². The van der Waals surface area contributed by atoms with E-state index in [4.69, 9.17) is 0 Å². The Morgan fingerprint density at radius 2 is 0.359 bits per heavy atom. The third kappa shape index (κ3) is 28.3. The van der Waals surface area contributed by atoms with Crippen molar-refractivity contribution < 1.29 is 0 Å². The molecule has 0 spiro atoms. The van der Waals surface area contributed by atoms with E-state index in [1.807, 2.05) is 0 Å². The van der Waals surface area contributed by atoms with Gasteiger partial charge in [0.05, 0.1) is 24.6 Å². The van der Waals surface area contributed by atoms with Gasteiger partial charge in [0.15, 0.2) is 0 Å². The van der Waals surface area contributed by atoms with E-state index in [-0.39, 0.29) is 0 Å². The average molecular weight is 568 g/mol. The molecule has 0 bridgehead atoms. The second-order valence-corrected chi connectivity index (χ2v) is 17.9. The van der Waals surface area contributed by atoms with E-state index in [2.05, 4.69) is 27.7 Å². The summed E-state index contributed by atoms with van der Waals surface area (Å²) in [6, 6.07) is 0. The maximum absolute atomic E-state index is 2.35. The van der Waals surface area contributed by atoms with E-state index >= 15 is 0 Å². The van der Waals surface area contributed by atoms with Gasteiger partial charge in [-0.3, -0.25) is 0 Å². The topological polar surface area (TPSA) is 0 Å². The number of unbranched alkanes of at least 4 members (excludes halogenated alkanes) is 26. The lowest BCUT2D eigenvalue weighted by molar-refractivity contribution is 0.548. The van der Waals surface area contributed by atoms with Crippen LogP contribution in [0.15, 0.2) is 0 Å². The fourth-order valence-corrected chi connectivity index (χ4v) is 11.6. The van der Waals surface area contributed by atoms with Crippen LogP contribution >= 0.6 is 7.26 Å². The van der Waals surface area contributed by atoms with E-state index in [1.165, 1.54) is 167 Å². The molecular weight excluding hydrogens is 487 g/mol. The summed E-state index contributed by atoms with van der Waals surface area (Å²) in [5, 5.41) is 0. The highest BCUT2D eigenvalue weighted by molar-refractivity contribution is 7.75. The summed E-state index contributed by atoms with van der Waals surface area (Å²) < 4.78 is 0. The summed E-state index contributed by atoms with van der Waals surface area (Å²) in [4.78, 5) is 0. The first-order valence-electron chi connectivity index (χ1n) is 19.1. The Morgan fingerprint density at radius 3 is 0.538 bits per heavy atom. The number of hydrogen-bond acceptors (Lipinski definition) is 0. The first kappa shape index (κ1) is 39.4. The molecule has 0 aliphatic rings. The predicted octanol–water partition coefficient (Wildman–Crippen LogP) is 14.8. The van der Waals surface area contributed by atoms with Gasteiger partial charge in [0, 0.05) is 7.26 Å². The molecule has 0 aromatic carbocycles. The molecule has 0 N–H and O–H groups in total. The number of rotatable bonds is 34. The summed E-state index contributed by atoms with van der Waals surface area (Å²) in [6.07, 6.45) is 51.2. The van der Waals surface area contributed by atoms with Crippen LogP contribution in [0.5, 0.6) is 0 Å². The minimum Gasteiger partial charge on any atom is -0.0654 e. The first-order valence-corrected chi connectivity index (χ1v) is 21.6. The van der Waals surface area contributed by atoms with Gasteiger partial charge in [-0.15, -0.1) is 0 Å². The highest BCUT2D eigenvalue weighted by atomic mass is 31.2. The van der Waals surface area contributed by atoms with Crippen LogP contribution in [0.2, 0.25) is 0 Å². The van der Waals surface area contributed by atoms with Crippen molar-refractivity contribution in [3.05, 3.63) is 0 Å². The third-order valence-corrected chi connectivity index (χ3v) is 14.5. The standard InChI is InChI=1S/C38H80P/c1-5-9-13-17-21-22-23-24-25-26-30-34-38-39(35-31-27-18-14-10-6-2,36-32-28-19-15-11-7-3)37-33-29-20-16-12-8-4/h5-38H2,1-4H3/q+1. The highest BCUT2D eigenvalue weighted by Gasteiger charge is 2.34. The summed E-state index contributed by atoms with van der Waals surface area (Å²) in [7, 11) is -0.743. The minimum absolute atomic E-state index is 0.743. The molecule has 0 radical (unpaired) electrons. The molecule has 0 aliphatic heterocycles. The number of hydrogen-bond donors (Lipinski definition) is 0. The first-order chi connectivity index (χ1) is 19.2. The molecule has 0 rings (SSSR count). The van der Waals surface area contributed by atoms with Crippen LogP contribution in [0.25, 0.3) is 0 Å². The summed E-state index contributed by atoms with van der Waals surface area (Å²) in [5.74, 6) is 0. The lowest BCUT2D eigenvalue weighted by atomic mass is 10.1. The average Bonchev–Trinajstić information content (AvgIpc) is 2.95. The van der Waals surface area contributed by atoms with Crippen LogP contribution in [0.4, 0.5) is 0 Å². The molecule has 0 nitrogen and oxygen atoms in total. The van der Waals surface area contributed by atoms with Gasteiger partial charge in [0.25, 0.3) is 0 Å². The lowest BCUT2D eigenvalue weighted by Crippen LogP contribution is -2.13. The van der Waals surface area contributed by atoms with Gasteiger partial charge in [0.1, 0.15) is 0 Å². The van der Waals surface area contributed by atoms with Crippen LogP contribution in [-0.2, 0) is 0 Å². The van der Waals surface area contributed by atoms with Gasteiger partial charge in [-0.1, -0.05) is 169 Å². The van der Waals surface area contributed by atoms with Crippen molar-refractivity contribution in [1.29, 1.82) is 0 Å². The normalized spacial score (nSPS) is 12.0. The maximum Gasteiger partial charge on any atom is 0.0594 e. The van der Waals surface area contributed by atoms with Crippen LogP contribution in [0, 0.1) is 0 Å². The quantitative estimate of drug-likeness (QED) is 0.0536. The van der Waals surface area contributed by atoms with Crippen molar-refractivity contribution >= 4 is 7.26 Å². The van der Waals surface area contributed by atoms with Crippen molar-refractivity contribution in [3.8, 4) is 0 Å². The lowest BCUT2D eigenvalue weighted by Gasteiger charge is -2.28. The van der Waals surface area contributed by atoms with Crippen LogP contribution in [-0.4, -0.2) is 24.6 Å². The molecule has 0 amide bonds. The van der Waals surface area contributed by atoms with Gasteiger partial charge in [-0.05, 0) is 51.4 Å². The van der Waals surface area contributed by atoms with Crippen LogP contribution in [0.3, 0.4) is 0 Å². The molecule has 0 heterocycles. The molecule has 1 heteroatoms. The monoisotopic (exact) mass is 568 g/mol. The fraction of sp³-hybridized carbons (Fsp3) is 1.00. The molecule has 0 fully saturated rings. The van der Waals surface area contributed by atoms with E-state index in [0.29, 0.717) is 0 Å². The van der Waals surface area contributed by atoms with Gasteiger partial charge < -0.3 is 0 Å². The Labute approximate surface area is 251 Å². The van der Waals surface area contributed by atoms with Crippen molar-refractivity contribution in [1.82, 2.24) is 0 Å². The van der Waals surface area contributed by atoms with Crippen molar-refractivity contribution in [2.24, 2.45) is 0 Å². The van der Waals surface area contributed by atoms with Gasteiger partial charge in [0.2, 0.25) is 0 Å². The second kappa shape index (κ2) is 32.9. The van der Waals surface area contributed by atoms with Crippen molar-refractivity contribution in [2.75, 3.05) is 24.6 Å². The molecule has 0 unspecified atom stereocenters. The zero-order chi connectivity index (χ0) is 28.5. The Kier molecular flexibility index (Phi) is 33.3. The predicted molar refractivity (Wildman–Crippen MR) is 188 cm³/mol. The van der Waals surface area contributed by atoms with E-state index in [0.717, 1.165) is 0 Å². The van der Waals surface area contributed by atoms with Crippen LogP contribution in [0.1, 0.15) is 220 Å². The Hall–Kier alpha value is 0.430. The van der Waals surface area contributed by atoms with E-state index in [1.54, 1.807) is 50.3 Å². The SMILES string of the molecule is CCCCCCCCCCCCCC[P+](CCCCCCCC)(CCCCCCCC)CCCCCCCC. The molecular formula is C38H80P+. The van der Waals surface area contributed by atoms with Gasteiger partial charge in [-0.25, -0.2) is 0 Å². The van der Waals surface area contributed by atoms with Gasteiger partial charge >= 0.3 is 0 Å². The molecule has 236 valence electrons. The van der Waals surface area contributed by atoms with Crippen molar-refractivity contribution in [2.45, 2.75) is 220 Å². The maximum atomic E-state index is 2.35. The summed E-state index contributed by atoms with van der Waals surface area (Å²) in [5.41, 5.74) is 0. The zero-order valence-electron chi connectivity index (χ0n) is 28.5. The third-order valence-electron chi connectivity index (χ3n) is 9.44. The molecule has 0 atom stereocenters. The largest absolute Gasteiger partial charge is 0.0654 e. The molecule has 0 saturated carbocycles. The van der Waals surface area contributed by atoms with Gasteiger partial charge in [-0.2, -0.15) is 0 Å². The molecule has 39 heavy (non-hydrogen) atoms. The fourth-order valence-electron chi connectivity index (χ4n) is 6.64. The summed E-state index contributed by atoms with van der Waals surface area (Å²) in [6.45, 7) is 9.38. The highest BCUT2D eigenvalue weighted by Crippen LogP contribution is 2.61. The second-order valence-electron chi connectivity index (χ2n) is 13.4. The zero-order valence-corrected chi connectivity index (χ0v) is 29.4. The molecule has 0 aromatic heterocycles. The molecule has 0 aliphatic carbocycles. The summed E-state index contributed by atoms with van der Waals surface area (Å²) >= 11 is 0. The Morgan fingerprint density at radius 1 is 0.205 bits per heavy atom.